The SMILES string of the molecule is CCNC(=NCc1ccccc1-n1ccnc1)NCCC(F)(F)F. The normalized spacial score (nSPS) is 12.2. The minimum atomic E-state index is -4.18. The Kier molecular flexibility index (Phi) is 6.22. The van der Waals surface area contributed by atoms with E-state index in [0.29, 0.717) is 19.0 Å². The van der Waals surface area contributed by atoms with E-state index in [0.717, 1.165) is 11.3 Å². The predicted octanol–water partition coefficient (Wildman–Crippen LogP) is 2.88. The summed E-state index contributed by atoms with van der Waals surface area (Å²) in [5.74, 6) is 0.363. The molecule has 0 saturated heterocycles. The summed E-state index contributed by atoms with van der Waals surface area (Å²) in [6.07, 6.45) is 0.120. The third-order valence-corrected chi connectivity index (χ3v) is 3.23. The van der Waals surface area contributed by atoms with Crippen LogP contribution < -0.4 is 10.6 Å². The van der Waals surface area contributed by atoms with Gasteiger partial charge in [0, 0.05) is 25.5 Å². The van der Waals surface area contributed by atoms with E-state index in [1.54, 1.807) is 12.5 Å². The molecule has 0 aliphatic rings. The largest absolute Gasteiger partial charge is 0.390 e. The van der Waals surface area contributed by atoms with Gasteiger partial charge in [-0.05, 0) is 18.6 Å². The van der Waals surface area contributed by atoms with Crippen LogP contribution in [0.1, 0.15) is 18.9 Å². The van der Waals surface area contributed by atoms with Crippen molar-refractivity contribution in [2.45, 2.75) is 26.1 Å². The van der Waals surface area contributed by atoms with E-state index in [2.05, 4.69) is 20.6 Å². The van der Waals surface area contributed by atoms with Crippen LogP contribution in [0.15, 0.2) is 48.0 Å². The van der Waals surface area contributed by atoms with E-state index < -0.39 is 12.6 Å². The Morgan fingerprint density at radius 3 is 2.71 bits per heavy atom. The molecule has 5 nitrogen and oxygen atoms in total. The van der Waals surface area contributed by atoms with E-state index in [9.17, 15) is 13.2 Å². The lowest BCUT2D eigenvalue weighted by atomic mass is 10.2. The molecule has 1 aromatic carbocycles. The lowest BCUT2D eigenvalue weighted by molar-refractivity contribution is -0.132. The number of alkyl halides is 3. The average Bonchev–Trinajstić information content (AvgIpc) is 3.06. The van der Waals surface area contributed by atoms with Crippen LogP contribution in [0, 0.1) is 0 Å². The Morgan fingerprint density at radius 2 is 2.04 bits per heavy atom. The Labute approximate surface area is 138 Å². The number of guanidine groups is 1. The van der Waals surface area contributed by atoms with Gasteiger partial charge < -0.3 is 15.2 Å². The van der Waals surface area contributed by atoms with Gasteiger partial charge in [0.1, 0.15) is 0 Å². The van der Waals surface area contributed by atoms with Crippen molar-refractivity contribution in [3.8, 4) is 5.69 Å². The topological polar surface area (TPSA) is 54.2 Å². The Morgan fingerprint density at radius 1 is 1.25 bits per heavy atom. The molecule has 2 N–H and O–H groups in total. The number of hydrogen-bond acceptors (Lipinski definition) is 2. The molecule has 2 rings (SSSR count). The molecule has 1 heterocycles. The third kappa shape index (κ3) is 5.60. The van der Waals surface area contributed by atoms with Crippen molar-refractivity contribution in [3.63, 3.8) is 0 Å². The summed E-state index contributed by atoms with van der Waals surface area (Å²) >= 11 is 0. The zero-order valence-electron chi connectivity index (χ0n) is 13.3. The molecular weight excluding hydrogens is 319 g/mol. The van der Waals surface area contributed by atoms with Gasteiger partial charge in [0.05, 0.1) is 25.0 Å². The lowest BCUT2D eigenvalue weighted by Gasteiger charge is -2.13. The molecule has 1 aromatic heterocycles. The second-order valence-corrected chi connectivity index (χ2v) is 5.09. The fourth-order valence-electron chi connectivity index (χ4n) is 2.13. The van der Waals surface area contributed by atoms with Gasteiger partial charge in [-0.25, -0.2) is 9.98 Å². The number of nitrogens with zero attached hydrogens (tertiary/aromatic N) is 3. The van der Waals surface area contributed by atoms with E-state index >= 15 is 0 Å². The first-order chi connectivity index (χ1) is 11.5. The molecule has 0 fully saturated rings. The highest BCUT2D eigenvalue weighted by molar-refractivity contribution is 5.79. The summed E-state index contributed by atoms with van der Waals surface area (Å²) in [6.45, 7) is 2.57. The van der Waals surface area contributed by atoms with Crippen molar-refractivity contribution in [1.82, 2.24) is 20.2 Å². The van der Waals surface area contributed by atoms with Crippen LogP contribution in [0.2, 0.25) is 0 Å². The zero-order chi connectivity index (χ0) is 17.4. The molecule has 0 atom stereocenters. The van der Waals surface area contributed by atoms with Crippen LogP contribution in [0.5, 0.6) is 0 Å². The molecule has 0 spiro atoms. The zero-order valence-corrected chi connectivity index (χ0v) is 13.3. The molecule has 0 aliphatic heterocycles. The van der Waals surface area contributed by atoms with Crippen LogP contribution in [0.3, 0.4) is 0 Å². The maximum atomic E-state index is 12.2. The minimum Gasteiger partial charge on any atom is -0.357 e. The maximum absolute atomic E-state index is 12.2. The highest BCUT2D eigenvalue weighted by Crippen LogP contribution is 2.18. The van der Waals surface area contributed by atoms with E-state index in [-0.39, 0.29) is 6.54 Å². The second kappa shape index (κ2) is 8.37. The standard InChI is InChI=1S/C16H20F3N5/c1-2-21-15(22-8-7-16(17,18)19)23-11-13-5-3-4-6-14(13)24-10-9-20-12-24/h3-6,9-10,12H,2,7-8,11H2,1H3,(H2,21,22,23). The summed E-state index contributed by atoms with van der Waals surface area (Å²) in [5, 5.41) is 5.65. The molecule has 24 heavy (non-hydrogen) atoms. The quantitative estimate of drug-likeness (QED) is 0.628. The number of hydrogen-bond donors (Lipinski definition) is 2. The third-order valence-electron chi connectivity index (χ3n) is 3.23. The first kappa shape index (κ1) is 17.8. The molecule has 2 aromatic rings. The monoisotopic (exact) mass is 339 g/mol. The lowest BCUT2D eigenvalue weighted by Crippen LogP contribution is -2.38. The Hall–Kier alpha value is -2.51. The molecule has 8 heteroatoms. The minimum absolute atomic E-state index is 0.210. The predicted molar refractivity (Wildman–Crippen MR) is 87.1 cm³/mol. The van der Waals surface area contributed by atoms with Crippen molar-refractivity contribution < 1.29 is 13.2 Å². The van der Waals surface area contributed by atoms with Crippen molar-refractivity contribution in [3.05, 3.63) is 48.5 Å². The number of rotatable bonds is 6. The average molecular weight is 339 g/mol. The number of nitrogens with one attached hydrogen (secondary N) is 2. The number of aromatic nitrogens is 2. The summed E-state index contributed by atoms with van der Waals surface area (Å²) < 4.78 is 38.6. The van der Waals surface area contributed by atoms with Gasteiger partial charge >= 0.3 is 6.18 Å². The van der Waals surface area contributed by atoms with Crippen LogP contribution in [-0.4, -0.2) is 34.8 Å². The molecule has 130 valence electrons. The number of aliphatic imine (C=N–C) groups is 1. The van der Waals surface area contributed by atoms with Crippen LogP contribution >= 0.6 is 0 Å². The van der Waals surface area contributed by atoms with E-state index in [1.165, 1.54) is 0 Å². The van der Waals surface area contributed by atoms with Gasteiger partial charge in [-0.3, -0.25) is 0 Å². The fraction of sp³-hybridized carbons (Fsp3) is 0.375. The maximum Gasteiger partial charge on any atom is 0.390 e. The summed E-state index contributed by atoms with van der Waals surface area (Å²) in [7, 11) is 0. The van der Waals surface area contributed by atoms with Crippen molar-refractivity contribution in [2.75, 3.05) is 13.1 Å². The van der Waals surface area contributed by atoms with Crippen molar-refractivity contribution >= 4 is 5.96 Å². The molecule has 0 saturated carbocycles. The number of para-hydroxylation sites is 1. The number of benzene rings is 1. The molecule has 0 radical (unpaired) electrons. The van der Waals surface area contributed by atoms with Crippen molar-refractivity contribution in [1.29, 1.82) is 0 Å². The number of halogens is 3. The van der Waals surface area contributed by atoms with E-state index in [1.807, 2.05) is 42.0 Å². The van der Waals surface area contributed by atoms with Crippen LogP contribution in [0.25, 0.3) is 5.69 Å². The smallest absolute Gasteiger partial charge is 0.357 e. The molecule has 0 bridgehead atoms. The molecule has 0 unspecified atom stereocenters. The summed E-state index contributed by atoms with van der Waals surface area (Å²) in [6, 6.07) is 7.68. The van der Waals surface area contributed by atoms with Gasteiger partial charge in [-0.15, -0.1) is 0 Å². The Bertz CT molecular complexity index is 650. The summed E-state index contributed by atoms with van der Waals surface area (Å²) in [5.41, 5.74) is 1.88. The van der Waals surface area contributed by atoms with Gasteiger partial charge in [0.15, 0.2) is 5.96 Å². The van der Waals surface area contributed by atoms with Crippen LogP contribution in [0.4, 0.5) is 13.2 Å². The Balaban J connectivity index is 2.06. The molecular formula is C16H20F3N5. The highest BCUT2D eigenvalue weighted by Gasteiger charge is 2.26. The first-order valence-corrected chi connectivity index (χ1v) is 7.65. The van der Waals surface area contributed by atoms with Gasteiger partial charge in [-0.2, -0.15) is 13.2 Å². The highest BCUT2D eigenvalue weighted by atomic mass is 19.4. The fourth-order valence-corrected chi connectivity index (χ4v) is 2.13. The first-order valence-electron chi connectivity index (χ1n) is 7.65. The number of imidazole rings is 1. The summed E-state index contributed by atoms with van der Waals surface area (Å²) in [4.78, 5) is 8.39. The van der Waals surface area contributed by atoms with Gasteiger partial charge in [0.2, 0.25) is 0 Å². The van der Waals surface area contributed by atoms with Crippen molar-refractivity contribution in [2.24, 2.45) is 4.99 Å². The van der Waals surface area contributed by atoms with Gasteiger partial charge in [0.25, 0.3) is 0 Å². The van der Waals surface area contributed by atoms with E-state index in [4.69, 9.17) is 0 Å². The van der Waals surface area contributed by atoms with Gasteiger partial charge in [-0.1, -0.05) is 18.2 Å². The second-order valence-electron chi connectivity index (χ2n) is 5.09. The molecule has 0 amide bonds. The van der Waals surface area contributed by atoms with Crippen LogP contribution in [-0.2, 0) is 6.54 Å². The molecule has 0 aliphatic carbocycles.